The van der Waals surface area contributed by atoms with Crippen LogP contribution >= 0.6 is 27.3 Å². The molecule has 0 saturated carbocycles. The number of aryl methyl sites for hydroxylation is 1. The number of halogens is 1. The molecule has 0 spiro atoms. The van der Waals surface area contributed by atoms with Crippen molar-refractivity contribution in [3.63, 3.8) is 0 Å². The van der Waals surface area contributed by atoms with Crippen LogP contribution in [0, 0.1) is 6.92 Å². The first-order valence-electron chi connectivity index (χ1n) is 9.33. The molecule has 1 aliphatic rings. The zero-order valence-electron chi connectivity index (χ0n) is 15.8. The number of sulfonamides is 1. The van der Waals surface area contributed by atoms with Crippen LogP contribution in [0.15, 0.2) is 45.8 Å². The Labute approximate surface area is 182 Å². The van der Waals surface area contributed by atoms with Crippen LogP contribution in [0.1, 0.15) is 34.6 Å². The largest absolute Gasteiger partial charge is 0.339 e. The molecule has 29 heavy (non-hydrogen) atoms. The standard InChI is InChI=1S/C20H20BrN3O3S2/c1-13-22-16-6-5-7-18(19(16)28-13)29(26,27)23-17-12-14(21)8-9-15(17)20(25)24-10-3-2-4-11-24/h5-9,12,23H,2-4,10-11H2,1H3. The summed E-state index contributed by atoms with van der Waals surface area (Å²) in [4.78, 5) is 19.4. The van der Waals surface area contributed by atoms with E-state index in [9.17, 15) is 13.2 Å². The molecule has 1 amide bonds. The van der Waals surface area contributed by atoms with Crippen molar-refractivity contribution < 1.29 is 13.2 Å². The second-order valence-electron chi connectivity index (χ2n) is 6.99. The van der Waals surface area contributed by atoms with Gasteiger partial charge in [0.15, 0.2) is 0 Å². The van der Waals surface area contributed by atoms with E-state index in [1.54, 1.807) is 41.3 Å². The van der Waals surface area contributed by atoms with Gasteiger partial charge in [-0.05, 0) is 56.5 Å². The van der Waals surface area contributed by atoms with Gasteiger partial charge in [-0.25, -0.2) is 13.4 Å². The summed E-state index contributed by atoms with van der Waals surface area (Å²) >= 11 is 4.72. The van der Waals surface area contributed by atoms with Crippen LogP contribution in [-0.2, 0) is 10.0 Å². The van der Waals surface area contributed by atoms with Crippen molar-refractivity contribution >= 4 is 59.1 Å². The van der Waals surface area contributed by atoms with Gasteiger partial charge in [0.1, 0.15) is 4.90 Å². The van der Waals surface area contributed by atoms with Crippen LogP contribution in [0.5, 0.6) is 0 Å². The number of likely N-dealkylation sites (tertiary alicyclic amines) is 1. The average Bonchev–Trinajstić information content (AvgIpc) is 3.08. The molecule has 1 aliphatic heterocycles. The molecule has 1 fully saturated rings. The maximum atomic E-state index is 13.2. The smallest absolute Gasteiger partial charge is 0.263 e. The van der Waals surface area contributed by atoms with Crippen LogP contribution in [-0.4, -0.2) is 37.3 Å². The van der Waals surface area contributed by atoms with Crippen LogP contribution in [0.4, 0.5) is 5.69 Å². The highest BCUT2D eigenvalue weighted by Crippen LogP contribution is 2.31. The average molecular weight is 494 g/mol. The number of anilines is 1. The Kier molecular flexibility index (Phi) is 5.63. The minimum Gasteiger partial charge on any atom is -0.339 e. The summed E-state index contributed by atoms with van der Waals surface area (Å²) in [5.41, 5.74) is 1.27. The van der Waals surface area contributed by atoms with E-state index in [1.165, 1.54) is 11.3 Å². The minimum atomic E-state index is -3.90. The van der Waals surface area contributed by atoms with Crippen molar-refractivity contribution in [2.75, 3.05) is 17.8 Å². The minimum absolute atomic E-state index is 0.151. The van der Waals surface area contributed by atoms with Gasteiger partial charge in [0, 0.05) is 17.6 Å². The number of fused-ring (bicyclic) bond motifs is 1. The lowest BCUT2D eigenvalue weighted by atomic mass is 10.1. The van der Waals surface area contributed by atoms with Crippen molar-refractivity contribution in [2.24, 2.45) is 0 Å². The number of rotatable bonds is 4. The fraction of sp³-hybridized carbons (Fsp3) is 0.300. The molecule has 1 aromatic heterocycles. The number of carbonyl (C=O) groups excluding carboxylic acids is 1. The lowest BCUT2D eigenvalue weighted by molar-refractivity contribution is 0.0725. The first kappa shape index (κ1) is 20.3. The van der Waals surface area contributed by atoms with Gasteiger partial charge in [0.05, 0.1) is 26.5 Å². The van der Waals surface area contributed by atoms with Gasteiger partial charge < -0.3 is 4.90 Å². The first-order chi connectivity index (χ1) is 13.8. The van der Waals surface area contributed by atoms with Gasteiger partial charge in [-0.2, -0.15) is 0 Å². The Hall–Kier alpha value is -1.97. The van der Waals surface area contributed by atoms with Gasteiger partial charge in [-0.3, -0.25) is 9.52 Å². The molecular formula is C20H20BrN3O3S2. The monoisotopic (exact) mass is 493 g/mol. The number of hydrogen-bond donors (Lipinski definition) is 1. The molecule has 6 nitrogen and oxygen atoms in total. The van der Waals surface area contributed by atoms with Crippen LogP contribution in [0.3, 0.4) is 0 Å². The lowest BCUT2D eigenvalue weighted by Gasteiger charge is -2.27. The van der Waals surface area contributed by atoms with E-state index in [1.807, 2.05) is 6.92 Å². The van der Waals surface area contributed by atoms with Crippen molar-refractivity contribution in [3.8, 4) is 0 Å². The Morgan fingerprint density at radius 2 is 1.93 bits per heavy atom. The molecule has 2 aromatic carbocycles. The van der Waals surface area contributed by atoms with Gasteiger partial charge in [-0.1, -0.05) is 22.0 Å². The normalized spacial score (nSPS) is 14.9. The predicted octanol–water partition coefficient (Wildman–Crippen LogP) is 4.79. The number of piperidine rings is 1. The van der Waals surface area contributed by atoms with Gasteiger partial charge in [0.25, 0.3) is 15.9 Å². The van der Waals surface area contributed by atoms with Crippen LogP contribution in [0.2, 0.25) is 0 Å². The molecule has 0 unspecified atom stereocenters. The second kappa shape index (κ2) is 8.04. The molecule has 0 atom stereocenters. The summed E-state index contributed by atoms with van der Waals surface area (Å²) in [6, 6.07) is 10.1. The summed E-state index contributed by atoms with van der Waals surface area (Å²) in [5.74, 6) is -0.151. The van der Waals surface area contributed by atoms with Crippen molar-refractivity contribution in [1.82, 2.24) is 9.88 Å². The molecule has 1 N–H and O–H groups in total. The summed E-state index contributed by atoms with van der Waals surface area (Å²) in [6.45, 7) is 3.24. The molecule has 2 heterocycles. The number of benzene rings is 2. The fourth-order valence-electron chi connectivity index (χ4n) is 3.50. The first-order valence-corrected chi connectivity index (χ1v) is 12.4. The molecular weight excluding hydrogens is 474 g/mol. The number of amides is 1. The third-order valence-corrected chi connectivity index (χ3v) is 7.93. The zero-order valence-corrected chi connectivity index (χ0v) is 19.0. The van der Waals surface area contributed by atoms with Crippen molar-refractivity contribution in [2.45, 2.75) is 31.1 Å². The SMILES string of the molecule is Cc1nc2cccc(S(=O)(=O)Nc3cc(Br)ccc3C(=O)N3CCCCC3)c2s1. The van der Waals surface area contributed by atoms with Crippen molar-refractivity contribution in [3.05, 3.63) is 51.4 Å². The van der Waals surface area contributed by atoms with E-state index < -0.39 is 10.0 Å². The maximum absolute atomic E-state index is 13.2. The summed E-state index contributed by atoms with van der Waals surface area (Å²) in [5, 5.41) is 0.797. The molecule has 0 radical (unpaired) electrons. The Bertz CT molecular complexity index is 1180. The summed E-state index contributed by atoms with van der Waals surface area (Å²) in [6.07, 6.45) is 3.05. The molecule has 9 heteroatoms. The van der Waals surface area contributed by atoms with E-state index in [0.717, 1.165) is 24.3 Å². The van der Waals surface area contributed by atoms with E-state index in [2.05, 4.69) is 25.6 Å². The summed E-state index contributed by atoms with van der Waals surface area (Å²) < 4.78 is 30.4. The number of thiazole rings is 1. The van der Waals surface area contributed by atoms with E-state index in [-0.39, 0.29) is 16.5 Å². The molecule has 1 saturated heterocycles. The topological polar surface area (TPSA) is 79.4 Å². The molecule has 0 aliphatic carbocycles. The molecule has 3 aromatic rings. The number of nitrogens with one attached hydrogen (secondary N) is 1. The van der Waals surface area contributed by atoms with Gasteiger partial charge in [0.2, 0.25) is 0 Å². The zero-order chi connectivity index (χ0) is 20.6. The van der Waals surface area contributed by atoms with Crippen LogP contribution in [0.25, 0.3) is 10.2 Å². The Balaban J connectivity index is 1.73. The molecule has 152 valence electrons. The number of hydrogen-bond acceptors (Lipinski definition) is 5. The van der Waals surface area contributed by atoms with E-state index in [0.29, 0.717) is 33.3 Å². The quantitative estimate of drug-likeness (QED) is 0.566. The third-order valence-electron chi connectivity index (χ3n) is 4.87. The highest BCUT2D eigenvalue weighted by atomic mass is 79.9. The van der Waals surface area contributed by atoms with E-state index >= 15 is 0 Å². The number of nitrogens with zero attached hydrogens (tertiary/aromatic N) is 2. The fourth-order valence-corrected chi connectivity index (χ4v) is 6.32. The molecule has 4 rings (SSSR count). The second-order valence-corrected chi connectivity index (χ2v) is 10.8. The Morgan fingerprint density at radius 3 is 2.69 bits per heavy atom. The number of aromatic nitrogens is 1. The third kappa shape index (κ3) is 4.17. The highest BCUT2D eigenvalue weighted by Gasteiger charge is 2.25. The maximum Gasteiger partial charge on any atom is 0.263 e. The van der Waals surface area contributed by atoms with Gasteiger partial charge >= 0.3 is 0 Å². The van der Waals surface area contributed by atoms with E-state index in [4.69, 9.17) is 0 Å². The lowest BCUT2D eigenvalue weighted by Crippen LogP contribution is -2.36. The highest BCUT2D eigenvalue weighted by molar-refractivity contribution is 9.10. The van der Waals surface area contributed by atoms with Crippen LogP contribution < -0.4 is 4.72 Å². The summed E-state index contributed by atoms with van der Waals surface area (Å²) in [7, 11) is -3.90. The Morgan fingerprint density at radius 1 is 1.17 bits per heavy atom. The predicted molar refractivity (Wildman–Crippen MR) is 119 cm³/mol. The number of carbonyl (C=O) groups is 1. The van der Waals surface area contributed by atoms with Gasteiger partial charge in [-0.15, -0.1) is 11.3 Å². The van der Waals surface area contributed by atoms with Crippen molar-refractivity contribution in [1.29, 1.82) is 0 Å². The molecule has 0 bridgehead atoms.